The molecule has 5 rings (SSSR count). The molecule has 0 amide bonds. The van der Waals surface area contributed by atoms with Crippen molar-refractivity contribution in [3.63, 3.8) is 0 Å². The van der Waals surface area contributed by atoms with E-state index in [-0.39, 0.29) is 11.2 Å². The lowest BCUT2D eigenvalue weighted by Crippen LogP contribution is -2.24. The molecule has 3 heteroatoms. The molecule has 0 saturated carbocycles. The number of para-hydroxylation sites is 2. The second kappa shape index (κ2) is 11.5. The number of nitrogens with zero attached hydrogens (tertiary/aromatic N) is 1. The van der Waals surface area contributed by atoms with Gasteiger partial charge in [-0.1, -0.05) is 131 Å². The van der Waals surface area contributed by atoms with Crippen molar-refractivity contribution in [3.8, 4) is 22.6 Å². The largest absolute Gasteiger partial charge is 0.507 e. The first-order chi connectivity index (χ1) is 19.7. The summed E-state index contributed by atoms with van der Waals surface area (Å²) in [6.07, 6.45) is 1.79. The minimum Gasteiger partial charge on any atom is -0.507 e. The normalized spacial score (nSPS) is 12.0. The second-order valence-corrected chi connectivity index (χ2v) is 11.4. The summed E-state index contributed by atoms with van der Waals surface area (Å²) in [5.74, 6) is 1.03. The van der Waals surface area contributed by atoms with Crippen LogP contribution in [0.1, 0.15) is 55.5 Å². The molecule has 206 valence electrons. The molecule has 0 unspecified atom stereocenters. The number of phenolic OH excluding ortho intramolecular Hbond substituents is 1. The summed E-state index contributed by atoms with van der Waals surface area (Å²) in [6, 6.07) is 41.0. The first-order valence-electron chi connectivity index (χ1n) is 14.0. The van der Waals surface area contributed by atoms with Gasteiger partial charge in [0.2, 0.25) is 0 Å². The molecule has 0 atom stereocenters. The number of ether oxygens (including phenoxy) is 1. The number of methoxy groups -OCH3 is 1. The van der Waals surface area contributed by atoms with Gasteiger partial charge < -0.3 is 9.84 Å². The molecule has 0 fully saturated rings. The van der Waals surface area contributed by atoms with Crippen LogP contribution in [-0.2, 0) is 10.8 Å². The van der Waals surface area contributed by atoms with E-state index in [9.17, 15) is 5.11 Å². The molecular formula is C38H37NO2. The van der Waals surface area contributed by atoms with Crippen LogP contribution in [-0.4, -0.2) is 18.4 Å². The van der Waals surface area contributed by atoms with Crippen molar-refractivity contribution < 1.29 is 9.84 Å². The van der Waals surface area contributed by atoms with Gasteiger partial charge in [0.1, 0.15) is 11.5 Å². The lowest BCUT2D eigenvalue weighted by atomic mass is 9.72. The number of hydrogen-bond acceptors (Lipinski definition) is 3. The van der Waals surface area contributed by atoms with Crippen molar-refractivity contribution in [2.75, 3.05) is 7.11 Å². The fraction of sp³-hybridized carbons (Fsp3) is 0.184. The smallest absolute Gasteiger partial charge is 0.128 e. The third-order valence-corrected chi connectivity index (χ3v) is 8.17. The van der Waals surface area contributed by atoms with Gasteiger partial charge in [0.25, 0.3) is 0 Å². The molecule has 0 heterocycles. The maximum absolute atomic E-state index is 11.8. The maximum atomic E-state index is 11.8. The number of aromatic hydroxyl groups is 1. The molecular weight excluding hydrogens is 502 g/mol. The molecule has 1 N–H and O–H groups in total. The van der Waals surface area contributed by atoms with E-state index >= 15 is 0 Å². The number of rotatable bonds is 8. The molecule has 0 aliphatic rings. The van der Waals surface area contributed by atoms with Gasteiger partial charge in [0.05, 0.1) is 12.8 Å². The molecule has 0 bridgehead atoms. The Morgan fingerprint density at radius 2 is 1.15 bits per heavy atom. The number of aliphatic imine (C=N–C) groups is 1. The van der Waals surface area contributed by atoms with E-state index in [0.29, 0.717) is 5.56 Å². The van der Waals surface area contributed by atoms with Gasteiger partial charge in [0.15, 0.2) is 0 Å². The first kappa shape index (κ1) is 27.9. The fourth-order valence-electron chi connectivity index (χ4n) is 5.44. The van der Waals surface area contributed by atoms with Crippen LogP contribution in [0.2, 0.25) is 0 Å². The zero-order chi connectivity index (χ0) is 29.0. The molecule has 41 heavy (non-hydrogen) atoms. The summed E-state index contributed by atoms with van der Waals surface area (Å²) in [5, 5.41) is 11.8. The lowest BCUT2D eigenvalue weighted by molar-refractivity contribution is 0.416. The van der Waals surface area contributed by atoms with E-state index < -0.39 is 5.41 Å². The molecule has 5 aromatic rings. The summed E-state index contributed by atoms with van der Waals surface area (Å²) in [5.41, 5.74) is 6.99. The quantitative estimate of drug-likeness (QED) is 0.200. The van der Waals surface area contributed by atoms with Gasteiger partial charge in [-0.3, -0.25) is 4.99 Å². The van der Waals surface area contributed by atoms with E-state index in [1.54, 1.807) is 13.3 Å². The third kappa shape index (κ3) is 5.53. The Balaban J connectivity index is 1.68. The van der Waals surface area contributed by atoms with Gasteiger partial charge in [0, 0.05) is 39.3 Å². The first-order valence-corrected chi connectivity index (χ1v) is 14.0. The van der Waals surface area contributed by atoms with Gasteiger partial charge in [-0.2, -0.15) is 0 Å². The number of benzene rings is 5. The molecule has 0 aromatic heterocycles. The van der Waals surface area contributed by atoms with Crippen molar-refractivity contribution >= 4 is 11.9 Å². The van der Waals surface area contributed by atoms with Crippen LogP contribution in [0, 0.1) is 0 Å². The van der Waals surface area contributed by atoms with Crippen LogP contribution in [0.4, 0.5) is 5.69 Å². The number of phenols is 1. The number of hydrogen-bond donors (Lipinski definition) is 1. The second-order valence-electron chi connectivity index (χ2n) is 11.4. The van der Waals surface area contributed by atoms with Crippen LogP contribution in [0.25, 0.3) is 11.1 Å². The highest BCUT2D eigenvalue weighted by Gasteiger charge is 2.31. The topological polar surface area (TPSA) is 41.8 Å². The zero-order valence-electron chi connectivity index (χ0n) is 24.4. The van der Waals surface area contributed by atoms with E-state index in [0.717, 1.165) is 39.3 Å². The van der Waals surface area contributed by atoms with Gasteiger partial charge in [-0.25, -0.2) is 0 Å². The highest BCUT2D eigenvalue weighted by atomic mass is 16.5. The van der Waals surface area contributed by atoms with Crippen molar-refractivity contribution in [1.29, 1.82) is 0 Å². The van der Waals surface area contributed by atoms with Gasteiger partial charge >= 0.3 is 0 Å². The highest BCUT2D eigenvalue weighted by molar-refractivity contribution is 5.90. The molecule has 0 aliphatic heterocycles. The Bertz CT molecular complexity index is 1670. The van der Waals surface area contributed by atoms with Gasteiger partial charge in [-0.05, 0) is 34.9 Å². The summed E-state index contributed by atoms with van der Waals surface area (Å²) >= 11 is 0. The van der Waals surface area contributed by atoms with Crippen molar-refractivity contribution in [2.45, 2.75) is 38.5 Å². The summed E-state index contributed by atoms with van der Waals surface area (Å²) in [6.45, 7) is 8.78. The predicted molar refractivity (Wildman–Crippen MR) is 171 cm³/mol. The Hall–Kier alpha value is -4.63. The lowest BCUT2D eigenvalue weighted by Gasteiger charge is -2.32. The Morgan fingerprint density at radius 3 is 1.78 bits per heavy atom. The summed E-state index contributed by atoms with van der Waals surface area (Å²) < 4.78 is 5.64. The van der Waals surface area contributed by atoms with Crippen LogP contribution < -0.4 is 4.74 Å². The highest BCUT2D eigenvalue weighted by Crippen LogP contribution is 2.43. The molecule has 3 nitrogen and oxygen atoms in total. The van der Waals surface area contributed by atoms with Crippen LogP contribution in [0.3, 0.4) is 0 Å². The maximum Gasteiger partial charge on any atom is 0.128 e. The van der Waals surface area contributed by atoms with Crippen LogP contribution in [0.15, 0.2) is 126 Å². The molecule has 0 radical (unpaired) electrons. The molecule has 5 aromatic carbocycles. The Labute approximate surface area is 243 Å². The standard InChI is InChI=1S/C38H37NO2/c1-37(2,28-16-8-6-9-17-28)30-24-27(36(40)33(25-30)38(3,4)29-18-10-7-11-19-29)26-39-34-22-14-12-20-31(34)32-21-13-15-23-35(32)41-5/h6-26,40H,1-5H3. The van der Waals surface area contributed by atoms with Crippen molar-refractivity contribution in [1.82, 2.24) is 0 Å². The predicted octanol–water partition coefficient (Wildman–Crippen LogP) is 9.47. The molecule has 0 spiro atoms. The van der Waals surface area contributed by atoms with E-state index in [4.69, 9.17) is 9.73 Å². The SMILES string of the molecule is COc1ccccc1-c1ccccc1N=Cc1cc(C(C)(C)c2ccccc2)cc(C(C)(C)c2ccccc2)c1O. The van der Waals surface area contributed by atoms with Crippen LogP contribution >= 0.6 is 0 Å². The monoisotopic (exact) mass is 539 g/mol. The molecule has 0 saturated heterocycles. The Kier molecular flexibility index (Phi) is 7.81. The third-order valence-electron chi connectivity index (χ3n) is 8.17. The fourth-order valence-corrected chi connectivity index (χ4v) is 5.44. The van der Waals surface area contributed by atoms with Gasteiger partial charge in [-0.15, -0.1) is 0 Å². The average molecular weight is 540 g/mol. The van der Waals surface area contributed by atoms with Crippen molar-refractivity contribution in [2.24, 2.45) is 4.99 Å². The summed E-state index contributed by atoms with van der Waals surface area (Å²) in [7, 11) is 1.68. The minimum absolute atomic E-state index is 0.241. The van der Waals surface area contributed by atoms with E-state index in [1.165, 1.54) is 5.56 Å². The minimum atomic E-state index is -0.438. The zero-order valence-corrected chi connectivity index (χ0v) is 24.4. The average Bonchev–Trinajstić information content (AvgIpc) is 3.01. The molecule has 0 aliphatic carbocycles. The van der Waals surface area contributed by atoms with E-state index in [1.807, 2.05) is 72.8 Å². The van der Waals surface area contributed by atoms with Crippen molar-refractivity contribution in [3.05, 3.63) is 149 Å². The Morgan fingerprint density at radius 1 is 0.610 bits per heavy atom. The van der Waals surface area contributed by atoms with Crippen LogP contribution in [0.5, 0.6) is 11.5 Å². The summed E-state index contributed by atoms with van der Waals surface area (Å²) in [4.78, 5) is 4.94. The van der Waals surface area contributed by atoms with E-state index in [2.05, 4.69) is 76.2 Å².